The van der Waals surface area contributed by atoms with E-state index in [1.807, 2.05) is 6.92 Å². The maximum Gasteiger partial charge on any atom is 0.419 e. The molecule has 0 saturated heterocycles. The monoisotopic (exact) mass is 328 g/mol. The van der Waals surface area contributed by atoms with Crippen LogP contribution in [0.25, 0.3) is 0 Å². The van der Waals surface area contributed by atoms with Crippen LogP contribution >= 0.6 is 12.4 Å². The summed E-state index contributed by atoms with van der Waals surface area (Å²) in [7, 11) is 0. The number of hydrogen-bond acceptors (Lipinski definition) is 2. The van der Waals surface area contributed by atoms with Crippen LogP contribution in [0.2, 0.25) is 0 Å². The number of hydrogen-bond donors (Lipinski definition) is 2. The van der Waals surface area contributed by atoms with Gasteiger partial charge in [0.2, 0.25) is 5.91 Å². The van der Waals surface area contributed by atoms with Crippen molar-refractivity contribution in [1.82, 2.24) is 0 Å². The summed E-state index contributed by atoms with van der Waals surface area (Å²) in [4.78, 5) is 11.9. The third-order valence-corrected chi connectivity index (χ3v) is 2.82. The van der Waals surface area contributed by atoms with E-state index in [1.54, 1.807) is 0 Å². The van der Waals surface area contributed by atoms with Crippen molar-refractivity contribution in [3.05, 3.63) is 29.6 Å². The zero-order valence-electron chi connectivity index (χ0n) is 11.6. The number of carbonyl (C=O) groups is 1. The first-order valence-corrected chi connectivity index (χ1v) is 6.05. The highest BCUT2D eigenvalue weighted by Crippen LogP contribution is 2.33. The average Bonchev–Trinajstić information content (AvgIpc) is 2.30. The summed E-state index contributed by atoms with van der Waals surface area (Å²) in [6.45, 7) is 3.32. The predicted molar refractivity (Wildman–Crippen MR) is 74.8 cm³/mol. The maximum atomic E-state index is 13.1. The van der Waals surface area contributed by atoms with E-state index in [-0.39, 0.29) is 18.1 Å². The van der Waals surface area contributed by atoms with Gasteiger partial charge in [-0.15, -0.1) is 12.4 Å². The van der Waals surface area contributed by atoms with E-state index in [0.717, 1.165) is 6.07 Å². The molecule has 8 heteroatoms. The van der Waals surface area contributed by atoms with Crippen LogP contribution in [0.15, 0.2) is 18.2 Å². The predicted octanol–water partition coefficient (Wildman–Crippen LogP) is 3.72. The Labute approximate surface area is 126 Å². The molecule has 0 saturated carbocycles. The fourth-order valence-electron chi connectivity index (χ4n) is 1.73. The van der Waals surface area contributed by atoms with Crippen LogP contribution in [0.3, 0.4) is 0 Å². The van der Waals surface area contributed by atoms with Gasteiger partial charge in [0.25, 0.3) is 0 Å². The van der Waals surface area contributed by atoms with Gasteiger partial charge in [0.15, 0.2) is 0 Å². The van der Waals surface area contributed by atoms with Gasteiger partial charge in [-0.2, -0.15) is 13.2 Å². The molecule has 0 aliphatic rings. The van der Waals surface area contributed by atoms with Gasteiger partial charge in [-0.1, -0.05) is 13.3 Å². The molecule has 0 bridgehead atoms. The number of nitrogens with one attached hydrogen (secondary N) is 1. The zero-order chi connectivity index (χ0) is 15.6. The Morgan fingerprint density at radius 1 is 1.33 bits per heavy atom. The highest BCUT2D eigenvalue weighted by atomic mass is 35.5. The normalized spacial score (nSPS) is 14.0. The molecule has 1 unspecified atom stereocenters. The van der Waals surface area contributed by atoms with Crippen molar-refractivity contribution in [2.75, 3.05) is 5.32 Å². The summed E-state index contributed by atoms with van der Waals surface area (Å²) in [5, 5.41) is 2.28. The summed E-state index contributed by atoms with van der Waals surface area (Å²) in [5.41, 5.74) is 3.00. The van der Waals surface area contributed by atoms with Gasteiger partial charge in [-0.25, -0.2) is 4.39 Å². The van der Waals surface area contributed by atoms with E-state index in [0.29, 0.717) is 25.0 Å². The Balaban J connectivity index is 0.00000400. The summed E-state index contributed by atoms with van der Waals surface area (Å²) < 4.78 is 50.7. The molecule has 1 atom stereocenters. The van der Waals surface area contributed by atoms with Crippen LogP contribution in [0.1, 0.15) is 32.3 Å². The zero-order valence-corrected chi connectivity index (χ0v) is 12.4. The SMILES string of the molecule is CCCC(C)(N)C(=O)Nc1ccc(F)c(C(F)(F)F)c1.Cl. The number of halogens is 5. The third kappa shape index (κ3) is 5.17. The molecule has 0 spiro atoms. The van der Waals surface area contributed by atoms with Crippen molar-refractivity contribution in [1.29, 1.82) is 0 Å². The van der Waals surface area contributed by atoms with Crippen LogP contribution in [0.4, 0.5) is 23.2 Å². The number of carbonyl (C=O) groups excluding carboxylic acids is 1. The molecular formula is C13H17ClF4N2O. The second-order valence-electron chi connectivity index (χ2n) is 4.81. The van der Waals surface area contributed by atoms with Crippen molar-refractivity contribution in [3.8, 4) is 0 Å². The fourth-order valence-corrected chi connectivity index (χ4v) is 1.73. The Morgan fingerprint density at radius 2 is 1.90 bits per heavy atom. The number of anilines is 1. The van der Waals surface area contributed by atoms with E-state index in [4.69, 9.17) is 5.73 Å². The summed E-state index contributed by atoms with van der Waals surface area (Å²) >= 11 is 0. The van der Waals surface area contributed by atoms with E-state index >= 15 is 0 Å². The van der Waals surface area contributed by atoms with E-state index in [1.165, 1.54) is 6.92 Å². The van der Waals surface area contributed by atoms with Gasteiger partial charge < -0.3 is 11.1 Å². The van der Waals surface area contributed by atoms with Gasteiger partial charge in [-0.3, -0.25) is 4.79 Å². The van der Waals surface area contributed by atoms with Crippen LogP contribution in [0.5, 0.6) is 0 Å². The Bertz CT molecular complexity index is 503. The largest absolute Gasteiger partial charge is 0.419 e. The first kappa shape index (κ1) is 19.7. The first-order valence-electron chi connectivity index (χ1n) is 6.05. The number of amides is 1. The smallest absolute Gasteiger partial charge is 0.324 e. The number of rotatable bonds is 4. The van der Waals surface area contributed by atoms with Crippen molar-refractivity contribution < 1.29 is 22.4 Å². The van der Waals surface area contributed by atoms with Gasteiger partial charge in [0, 0.05) is 5.69 Å². The Morgan fingerprint density at radius 3 is 2.38 bits per heavy atom. The quantitative estimate of drug-likeness (QED) is 0.828. The van der Waals surface area contributed by atoms with Crippen molar-refractivity contribution in [2.24, 2.45) is 5.73 Å². The van der Waals surface area contributed by atoms with Crippen LogP contribution < -0.4 is 11.1 Å². The molecule has 0 aliphatic heterocycles. The molecular weight excluding hydrogens is 312 g/mol. The number of alkyl halides is 3. The lowest BCUT2D eigenvalue weighted by molar-refractivity contribution is -0.140. The lowest BCUT2D eigenvalue weighted by Crippen LogP contribution is -2.48. The minimum atomic E-state index is -4.82. The van der Waals surface area contributed by atoms with Gasteiger partial charge in [-0.05, 0) is 31.5 Å². The first-order chi connectivity index (χ1) is 9.08. The molecule has 1 aromatic carbocycles. The van der Waals surface area contributed by atoms with E-state index in [9.17, 15) is 22.4 Å². The molecule has 0 aliphatic carbocycles. The molecule has 3 nitrogen and oxygen atoms in total. The highest BCUT2D eigenvalue weighted by Gasteiger charge is 2.35. The second-order valence-corrected chi connectivity index (χ2v) is 4.81. The Kier molecular flexibility index (Phi) is 6.63. The molecule has 0 fully saturated rings. The summed E-state index contributed by atoms with van der Waals surface area (Å²) in [5.74, 6) is -2.00. The average molecular weight is 329 g/mol. The molecule has 0 heterocycles. The number of nitrogens with two attached hydrogens (primary N) is 1. The van der Waals surface area contributed by atoms with Gasteiger partial charge in [0.1, 0.15) is 5.82 Å². The van der Waals surface area contributed by atoms with E-state index in [2.05, 4.69) is 5.32 Å². The van der Waals surface area contributed by atoms with Crippen molar-refractivity contribution in [2.45, 2.75) is 38.4 Å². The van der Waals surface area contributed by atoms with Gasteiger partial charge in [0.05, 0.1) is 11.1 Å². The van der Waals surface area contributed by atoms with Crippen LogP contribution in [0, 0.1) is 5.82 Å². The van der Waals surface area contributed by atoms with Crippen molar-refractivity contribution >= 4 is 24.0 Å². The minimum Gasteiger partial charge on any atom is -0.324 e. The molecule has 21 heavy (non-hydrogen) atoms. The Hall–Kier alpha value is -1.34. The molecule has 120 valence electrons. The summed E-state index contributed by atoms with van der Waals surface area (Å²) in [6, 6.07) is 2.27. The lowest BCUT2D eigenvalue weighted by Gasteiger charge is -2.23. The molecule has 1 amide bonds. The lowest BCUT2D eigenvalue weighted by atomic mass is 9.96. The van der Waals surface area contributed by atoms with Gasteiger partial charge >= 0.3 is 6.18 Å². The van der Waals surface area contributed by atoms with Crippen molar-refractivity contribution in [3.63, 3.8) is 0 Å². The summed E-state index contributed by atoms with van der Waals surface area (Å²) in [6.07, 6.45) is -3.79. The minimum absolute atomic E-state index is 0. The van der Waals surface area contributed by atoms with Crippen LogP contribution in [-0.4, -0.2) is 11.4 Å². The molecule has 0 radical (unpaired) electrons. The standard InChI is InChI=1S/C13H16F4N2O.ClH/c1-3-6-12(2,18)11(20)19-8-4-5-10(14)9(7-8)13(15,16)17;/h4-5,7H,3,6,18H2,1-2H3,(H,19,20);1H. The number of benzene rings is 1. The maximum absolute atomic E-state index is 13.1. The highest BCUT2D eigenvalue weighted by molar-refractivity contribution is 5.97. The topological polar surface area (TPSA) is 55.1 Å². The second kappa shape index (κ2) is 7.09. The third-order valence-electron chi connectivity index (χ3n) is 2.82. The van der Waals surface area contributed by atoms with E-state index < -0.39 is 29.0 Å². The van der Waals surface area contributed by atoms with Crippen LogP contribution in [-0.2, 0) is 11.0 Å². The molecule has 3 N–H and O–H groups in total. The molecule has 0 aromatic heterocycles. The molecule has 1 rings (SSSR count). The fraction of sp³-hybridized carbons (Fsp3) is 0.462. The molecule has 1 aromatic rings.